The lowest BCUT2D eigenvalue weighted by atomic mass is 9.92. The minimum Gasteiger partial charge on any atom is -0.494 e. The molecule has 4 aliphatic rings. The van der Waals surface area contributed by atoms with Crippen LogP contribution in [0.2, 0.25) is 0 Å². The van der Waals surface area contributed by atoms with Crippen LogP contribution in [-0.2, 0) is 32.5 Å². The topological polar surface area (TPSA) is 194 Å². The molecule has 502 valence electrons. The number of rotatable bonds is 26. The Morgan fingerprint density at radius 1 is 0.469 bits per heavy atom. The molecule has 0 radical (unpaired) electrons. The van der Waals surface area contributed by atoms with Gasteiger partial charge in [-0.05, 0) is 183 Å². The van der Waals surface area contributed by atoms with Gasteiger partial charge in [-0.1, -0.05) is 12.1 Å². The highest BCUT2D eigenvalue weighted by Gasteiger charge is 2.29. The number of esters is 2. The molecule has 0 atom stereocenters. The van der Waals surface area contributed by atoms with E-state index in [0.717, 1.165) is 102 Å². The third-order valence-electron chi connectivity index (χ3n) is 19.7. The number of unbranched alkanes of at least 4 members (excludes halogenated alkanes) is 2. The molecule has 4 aliphatic heterocycles. The molecule has 13 rings (SSSR count). The number of piperidine rings is 2. The lowest BCUT2D eigenvalue weighted by molar-refractivity contribution is -0.148. The molecule has 0 bridgehead atoms. The van der Waals surface area contributed by atoms with Crippen LogP contribution >= 0.6 is 22.7 Å². The van der Waals surface area contributed by atoms with E-state index in [1.807, 2.05) is 36.4 Å². The van der Waals surface area contributed by atoms with Gasteiger partial charge in [0.2, 0.25) is 0 Å². The average Bonchev–Trinajstić information content (AvgIpc) is 1.29. The molecule has 0 saturated carbocycles. The largest absolute Gasteiger partial charge is 0.494 e. The van der Waals surface area contributed by atoms with Crippen LogP contribution in [0.5, 0.6) is 11.5 Å². The zero-order valence-electron chi connectivity index (χ0n) is 54.4. The summed E-state index contributed by atoms with van der Waals surface area (Å²) in [4.78, 5) is 102. The van der Waals surface area contributed by atoms with Gasteiger partial charge in [0.15, 0.2) is 13.5 Å². The molecule has 9 aromatic rings. The van der Waals surface area contributed by atoms with Crippen molar-refractivity contribution in [1.82, 2.24) is 38.7 Å². The maximum atomic E-state index is 13.5. The summed E-state index contributed by atoms with van der Waals surface area (Å²) in [6.45, 7) is 12.9. The molecule has 5 aromatic heterocycles. The average molecular weight is 1340 g/mol. The van der Waals surface area contributed by atoms with Gasteiger partial charge < -0.3 is 38.5 Å². The number of likely N-dealkylation sites (tertiary alicyclic amines) is 2. The fraction of sp³-hybridized carbons (Fsp3) is 0.432. The first kappa shape index (κ1) is 65.9. The number of carbonyl (C=O) groups excluding carboxylic acids is 4. The second-order valence-electron chi connectivity index (χ2n) is 25.8. The Bertz CT molecular complexity index is 4020. The van der Waals surface area contributed by atoms with Gasteiger partial charge in [-0.25, -0.2) is 9.97 Å². The van der Waals surface area contributed by atoms with E-state index in [-0.39, 0.29) is 72.5 Å². The highest BCUT2D eigenvalue weighted by Crippen LogP contribution is 2.34. The van der Waals surface area contributed by atoms with Crippen LogP contribution in [0.3, 0.4) is 0 Å². The highest BCUT2D eigenvalue weighted by molar-refractivity contribution is 7.17. The Balaban J connectivity index is 0.480. The van der Waals surface area contributed by atoms with Crippen molar-refractivity contribution in [2.45, 2.75) is 90.5 Å². The maximum absolute atomic E-state index is 13.5. The van der Waals surface area contributed by atoms with Crippen molar-refractivity contribution < 1.29 is 38.1 Å². The fourth-order valence-electron chi connectivity index (χ4n) is 14.0. The summed E-state index contributed by atoms with van der Waals surface area (Å²) in [5.41, 5.74) is 3.71. The second-order valence-corrected chi connectivity index (χ2v) is 27.6. The van der Waals surface area contributed by atoms with Crippen molar-refractivity contribution >= 4 is 99.8 Å². The molecular formula is C74H84N10O10S2. The SMILES string of the molecule is O=C(CCC1CCN(C(=O)c2cnc(C(=O)N3CCC(CCC(=O)OCn4c(=O)ccc5ccc(OCCCCN6CCN(c7cccc8sccc78)CC6)cc54)CC3)cn2)CC1)OCn1c(=O)ccc2ccc(OCCCCN3CCN(c4cccc5sccc45)CC3)cc21. The predicted octanol–water partition coefficient (Wildman–Crippen LogP) is 11.2. The van der Waals surface area contributed by atoms with Crippen molar-refractivity contribution in [2.75, 3.05) is 115 Å². The summed E-state index contributed by atoms with van der Waals surface area (Å²) in [6, 6.07) is 35.4. The number of thiophene rings is 2. The van der Waals surface area contributed by atoms with Crippen LogP contribution in [0.15, 0.2) is 142 Å². The van der Waals surface area contributed by atoms with Crippen LogP contribution < -0.4 is 30.4 Å². The first-order valence-electron chi connectivity index (χ1n) is 34.2. The minimum atomic E-state index is -0.394. The lowest BCUT2D eigenvalue weighted by Gasteiger charge is -2.36. The predicted molar refractivity (Wildman–Crippen MR) is 377 cm³/mol. The molecule has 0 spiro atoms. The van der Waals surface area contributed by atoms with Gasteiger partial charge >= 0.3 is 11.9 Å². The van der Waals surface area contributed by atoms with Gasteiger partial charge in [-0.2, -0.15) is 0 Å². The molecule has 20 nitrogen and oxygen atoms in total. The molecular weight excluding hydrogens is 1250 g/mol. The lowest BCUT2D eigenvalue weighted by Crippen LogP contribution is -2.46. The quantitative estimate of drug-likeness (QED) is 0.0366. The number of benzene rings is 4. The summed E-state index contributed by atoms with van der Waals surface area (Å²) in [5.74, 6) is 0.420. The van der Waals surface area contributed by atoms with Gasteiger partial charge in [0.1, 0.15) is 22.9 Å². The van der Waals surface area contributed by atoms with Crippen LogP contribution in [0, 0.1) is 11.8 Å². The molecule has 4 aromatic carbocycles. The molecule has 2 amide bonds. The van der Waals surface area contributed by atoms with E-state index in [1.165, 1.54) is 65.2 Å². The second kappa shape index (κ2) is 31.5. The van der Waals surface area contributed by atoms with Gasteiger partial charge in [-0.15, -0.1) is 22.7 Å². The minimum absolute atomic E-state index is 0.159. The number of nitrogens with zero attached hydrogens (tertiary/aromatic N) is 10. The van der Waals surface area contributed by atoms with Crippen molar-refractivity contribution in [2.24, 2.45) is 11.8 Å². The van der Waals surface area contributed by atoms with E-state index in [2.05, 4.69) is 88.9 Å². The van der Waals surface area contributed by atoms with E-state index >= 15 is 0 Å². The molecule has 0 unspecified atom stereocenters. The standard InChI is InChI=1S/C74H84N10O10S2/c85-69-19-15-55-13-17-57(91-43-3-1-29-77-35-39-79(40-36-77)63-7-5-9-67-59(63)27-45-95-67)47-65(55)83(69)51-93-71(87)21-11-53-23-31-81(32-24-53)73(89)61-49-76-62(50-75-61)74(90)82-33-25-54(26-34-82)12-22-72(88)94-52-84-66-48-58(18-14-56(66)16-20-70(84)86)92-44-4-2-30-78-37-41-80(42-38-78)64-8-6-10-68-60(64)28-46-96-68/h5-10,13-20,27-28,45-50,53-54H,1-4,11-12,21-26,29-44,51-52H2. The van der Waals surface area contributed by atoms with Gasteiger partial charge in [0, 0.05) is 147 Å². The molecule has 0 N–H and O–H groups in total. The number of piperazine rings is 2. The van der Waals surface area contributed by atoms with E-state index in [1.54, 1.807) is 44.6 Å². The molecule has 22 heteroatoms. The monoisotopic (exact) mass is 1340 g/mol. The summed E-state index contributed by atoms with van der Waals surface area (Å²) in [7, 11) is 0. The van der Waals surface area contributed by atoms with Crippen LogP contribution in [0.4, 0.5) is 11.4 Å². The number of amides is 2. The normalized spacial score (nSPS) is 16.2. The van der Waals surface area contributed by atoms with E-state index in [9.17, 15) is 28.8 Å². The van der Waals surface area contributed by atoms with E-state index in [0.29, 0.717) is 100 Å². The Labute approximate surface area is 566 Å². The Kier molecular flexibility index (Phi) is 21.6. The Morgan fingerprint density at radius 3 is 1.30 bits per heavy atom. The number of fused-ring (bicyclic) bond motifs is 4. The van der Waals surface area contributed by atoms with Crippen molar-refractivity contribution in [3.63, 3.8) is 0 Å². The number of pyridine rings is 2. The summed E-state index contributed by atoms with van der Waals surface area (Å²) < 4.78 is 29.3. The van der Waals surface area contributed by atoms with Crippen LogP contribution in [0.25, 0.3) is 42.0 Å². The van der Waals surface area contributed by atoms with E-state index in [4.69, 9.17) is 18.9 Å². The first-order chi connectivity index (χ1) is 47.0. The first-order valence-corrected chi connectivity index (χ1v) is 35.9. The highest BCUT2D eigenvalue weighted by atomic mass is 32.1. The third-order valence-corrected chi connectivity index (χ3v) is 21.5. The molecule has 4 fully saturated rings. The van der Waals surface area contributed by atoms with Crippen molar-refractivity contribution in [3.05, 3.63) is 164 Å². The number of anilines is 2. The van der Waals surface area contributed by atoms with Gasteiger partial charge in [0.05, 0.1) is 36.6 Å². The Morgan fingerprint density at radius 2 is 0.885 bits per heavy atom. The van der Waals surface area contributed by atoms with Crippen molar-refractivity contribution in [1.29, 1.82) is 0 Å². The molecule has 4 saturated heterocycles. The third kappa shape index (κ3) is 16.2. The number of ether oxygens (including phenoxy) is 4. The van der Waals surface area contributed by atoms with Gasteiger partial charge in [0.25, 0.3) is 22.9 Å². The summed E-state index contributed by atoms with van der Waals surface area (Å²) in [6.07, 6.45) is 11.0. The number of aromatic nitrogens is 4. The van der Waals surface area contributed by atoms with Crippen molar-refractivity contribution in [3.8, 4) is 11.5 Å². The zero-order chi connectivity index (χ0) is 65.7. The number of carbonyl (C=O) groups is 4. The zero-order valence-corrected chi connectivity index (χ0v) is 56.1. The summed E-state index contributed by atoms with van der Waals surface area (Å²) >= 11 is 3.58. The Hall–Kier alpha value is -8.70. The summed E-state index contributed by atoms with van der Waals surface area (Å²) in [5, 5.41) is 8.69. The molecule has 0 aliphatic carbocycles. The van der Waals surface area contributed by atoms with Crippen LogP contribution in [-0.4, -0.2) is 167 Å². The maximum Gasteiger partial charge on any atom is 0.307 e. The fourth-order valence-corrected chi connectivity index (χ4v) is 15.6. The smallest absolute Gasteiger partial charge is 0.307 e. The molecule has 9 heterocycles. The van der Waals surface area contributed by atoms with Crippen LogP contribution in [0.1, 0.15) is 98.0 Å². The number of hydrogen-bond acceptors (Lipinski definition) is 18. The van der Waals surface area contributed by atoms with E-state index < -0.39 is 11.9 Å². The number of hydrogen-bond donors (Lipinski definition) is 0. The molecule has 96 heavy (non-hydrogen) atoms. The van der Waals surface area contributed by atoms with Gasteiger partial charge in [-0.3, -0.25) is 47.7 Å².